The van der Waals surface area contributed by atoms with Gasteiger partial charge in [0.1, 0.15) is 5.76 Å². The SMILES string of the molecule is Cc1noc(C)c1CN(C)C(=O)NC[C@H](C1CCCCC1)N(C)C. The molecule has 1 heterocycles. The molecule has 1 saturated carbocycles. The van der Waals surface area contributed by atoms with Gasteiger partial charge in [-0.25, -0.2) is 4.79 Å². The van der Waals surface area contributed by atoms with Crippen LogP contribution in [0.3, 0.4) is 0 Å². The number of likely N-dealkylation sites (N-methyl/N-ethyl adjacent to an activating group) is 1. The lowest BCUT2D eigenvalue weighted by Gasteiger charge is -2.35. The van der Waals surface area contributed by atoms with Gasteiger partial charge in [-0.1, -0.05) is 24.4 Å². The van der Waals surface area contributed by atoms with Crippen LogP contribution in [0.4, 0.5) is 4.79 Å². The molecule has 0 aromatic carbocycles. The zero-order chi connectivity index (χ0) is 17.7. The lowest BCUT2D eigenvalue weighted by Crippen LogP contribution is -2.48. The summed E-state index contributed by atoms with van der Waals surface area (Å²) in [5.74, 6) is 1.46. The molecule has 1 atom stereocenters. The molecule has 1 aliphatic rings. The van der Waals surface area contributed by atoms with Crippen LogP contribution < -0.4 is 5.32 Å². The molecule has 1 N–H and O–H groups in total. The van der Waals surface area contributed by atoms with Gasteiger partial charge >= 0.3 is 6.03 Å². The highest BCUT2D eigenvalue weighted by Crippen LogP contribution is 2.28. The van der Waals surface area contributed by atoms with E-state index in [2.05, 4.69) is 29.5 Å². The summed E-state index contributed by atoms with van der Waals surface area (Å²) in [6.45, 7) is 5.00. The van der Waals surface area contributed by atoms with Gasteiger partial charge in [0.05, 0.1) is 12.2 Å². The van der Waals surface area contributed by atoms with Gasteiger partial charge in [0.25, 0.3) is 0 Å². The molecule has 6 nitrogen and oxygen atoms in total. The maximum atomic E-state index is 12.4. The molecular weight excluding hydrogens is 304 g/mol. The van der Waals surface area contributed by atoms with E-state index in [1.807, 2.05) is 20.9 Å². The van der Waals surface area contributed by atoms with Gasteiger partial charge in [0.15, 0.2) is 0 Å². The first-order valence-electron chi connectivity index (χ1n) is 8.97. The maximum Gasteiger partial charge on any atom is 0.317 e. The van der Waals surface area contributed by atoms with Crippen molar-refractivity contribution in [1.29, 1.82) is 0 Å². The van der Waals surface area contributed by atoms with Gasteiger partial charge < -0.3 is 19.6 Å². The molecule has 0 aliphatic heterocycles. The van der Waals surface area contributed by atoms with Gasteiger partial charge in [0, 0.05) is 25.2 Å². The molecule has 24 heavy (non-hydrogen) atoms. The molecule has 1 aromatic heterocycles. The molecule has 2 rings (SSSR count). The van der Waals surface area contributed by atoms with Gasteiger partial charge in [-0.3, -0.25) is 0 Å². The highest BCUT2D eigenvalue weighted by Gasteiger charge is 2.26. The van der Waals surface area contributed by atoms with Crippen molar-refractivity contribution < 1.29 is 9.32 Å². The minimum absolute atomic E-state index is 0.0438. The largest absolute Gasteiger partial charge is 0.361 e. The summed E-state index contributed by atoms with van der Waals surface area (Å²) in [6.07, 6.45) is 6.52. The number of amides is 2. The lowest BCUT2D eigenvalue weighted by molar-refractivity contribution is 0.160. The van der Waals surface area contributed by atoms with E-state index in [0.29, 0.717) is 25.0 Å². The van der Waals surface area contributed by atoms with Crippen LogP contribution in [-0.4, -0.2) is 54.7 Å². The smallest absolute Gasteiger partial charge is 0.317 e. The number of aromatic nitrogens is 1. The van der Waals surface area contributed by atoms with E-state index in [9.17, 15) is 4.79 Å². The molecule has 6 heteroatoms. The predicted octanol–water partition coefficient (Wildman–Crippen LogP) is 2.94. The molecule has 1 fully saturated rings. The Morgan fingerprint density at radius 2 is 1.92 bits per heavy atom. The third kappa shape index (κ3) is 4.72. The summed E-state index contributed by atoms with van der Waals surface area (Å²) in [5, 5.41) is 7.05. The van der Waals surface area contributed by atoms with Gasteiger partial charge in [-0.05, 0) is 46.7 Å². The first-order chi connectivity index (χ1) is 11.4. The van der Waals surface area contributed by atoms with Crippen molar-refractivity contribution in [2.75, 3.05) is 27.7 Å². The van der Waals surface area contributed by atoms with Crippen LogP contribution in [0.25, 0.3) is 0 Å². The minimum Gasteiger partial charge on any atom is -0.361 e. The standard InChI is InChI=1S/C18H32N4O2/c1-13-16(14(2)24-20-13)12-22(5)18(23)19-11-17(21(3)4)15-9-7-6-8-10-15/h15,17H,6-12H2,1-5H3,(H,19,23)/t17-/m1/s1. The highest BCUT2D eigenvalue weighted by molar-refractivity contribution is 5.73. The number of nitrogens with zero attached hydrogens (tertiary/aromatic N) is 3. The fourth-order valence-corrected chi connectivity index (χ4v) is 3.65. The normalized spacial score (nSPS) is 17.1. The summed E-state index contributed by atoms with van der Waals surface area (Å²) in [5.41, 5.74) is 1.84. The van der Waals surface area contributed by atoms with Crippen molar-refractivity contribution in [2.24, 2.45) is 5.92 Å². The average molecular weight is 336 g/mol. The number of urea groups is 1. The van der Waals surface area contributed by atoms with Crippen molar-refractivity contribution in [3.05, 3.63) is 17.0 Å². The zero-order valence-electron chi connectivity index (χ0n) is 15.8. The number of hydrogen-bond acceptors (Lipinski definition) is 4. The molecule has 0 unspecified atom stereocenters. The summed E-state index contributed by atoms with van der Waals surface area (Å²) in [6, 6.07) is 0.361. The van der Waals surface area contributed by atoms with Gasteiger partial charge in [-0.2, -0.15) is 0 Å². The van der Waals surface area contributed by atoms with Crippen LogP contribution in [-0.2, 0) is 6.54 Å². The van der Waals surface area contributed by atoms with E-state index >= 15 is 0 Å². The lowest BCUT2D eigenvalue weighted by atomic mass is 9.83. The second kappa shape index (κ2) is 8.51. The van der Waals surface area contributed by atoms with Crippen LogP contribution in [0.1, 0.15) is 49.1 Å². The Hall–Kier alpha value is -1.56. The Labute approximate surface area is 145 Å². The molecule has 1 aromatic rings. The average Bonchev–Trinajstić information content (AvgIpc) is 2.87. The Kier molecular flexibility index (Phi) is 6.66. The summed E-state index contributed by atoms with van der Waals surface area (Å²) >= 11 is 0. The van der Waals surface area contributed by atoms with Crippen LogP contribution >= 0.6 is 0 Å². The van der Waals surface area contributed by atoms with Crippen molar-refractivity contribution in [3.8, 4) is 0 Å². The summed E-state index contributed by atoms with van der Waals surface area (Å²) in [4.78, 5) is 16.4. The van der Waals surface area contributed by atoms with E-state index in [1.165, 1.54) is 32.1 Å². The van der Waals surface area contributed by atoms with Gasteiger partial charge in [0.2, 0.25) is 0 Å². The van der Waals surface area contributed by atoms with E-state index in [-0.39, 0.29) is 6.03 Å². The third-order valence-electron chi connectivity index (χ3n) is 5.24. The molecule has 0 radical (unpaired) electrons. The Balaban J connectivity index is 1.88. The fraction of sp³-hybridized carbons (Fsp3) is 0.778. The van der Waals surface area contributed by atoms with Crippen LogP contribution in [0, 0.1) is 19.8 Å². The second-order valence-corrected chi connectivity index (χ2v) is 7.27. The van der Waals surface area contributed by atoms with Crippen LogP contribution in [0.5, 0.6) is 0 Å². The van der Waals surface area contributed by atoms with E-state index in [1.54, 1.807) is 4.90 Å². The van der Waals surface area contributed by atoms with Crippen LogP contribution in [0.2, 0.25) is 0 Å². The molecule has 136 valence electrons. The van der Waals surface area contributed by atoms with Crippen molar-refractivity contribution in [3.63, 3.8) is 0 Å². The fourth-order valence-electron chi connectivity index (χ4n) is 3.65. The number of rotatable bonds is 6. The number of hydrogen-bond donors (Lipinski definition) is 1. The molecular formula is C18H32N4O2. The monoisotopic (exact) mass is 336 g/mol. The first kappa shape index (κ1) is 18.8. The quantitative estimate of drug-likeness (QED) is 0.867. The number of aryl methyl sites for hydroxylation is 2. The van der Waals surface area contributed by atoms with Crippen molar-refractivity contribution >= 4 is 6.03 Å². The summed E-state index contributed by atoms with van der Waals surface area (Å²) < 4.78 is 5.17. The Bertz CT molecular complexity index is 516. The Morgan fingerprint density at radius 3 is 2.46 bits per heavy atom. The topological polar surface area (TPSA) is 61.6 Å². The third-order valence-corrected chi connectivity index (χ3v) is 5.24. The van der Waals surface area contributed by atoms with Crippen LogP contribution in [0.15, 0.2) is 4.52 Å². The molecule has 1 aliphatic carbocycles. The molecule has 0 bridgehead atoms. The number of nitrogens with one attached hydrogen (secondary N) is 1. The zero-order valence-corrected chi connectivity index (χ0v) is 15.8. The molecule has 2 amide bonds. The molecule has 0 spiro atoms. The number of carbonyl (C=O) groups excluding carboxylic acids is 1. The number of carbonyl (C=O) groups is 1. The second-order valence-electron chi connectivity index (χ2n) is 7.27. The van der Waals surface area contributed by atoms with E-state index < -0.39 is 0 Å². The van der Waals surface area contributed by atoms with Crippen molar-refractivity contribution in [1.82, 2.24) is 20.3 Å². The van der Waals surface area contributed by atoms with E-state index in [4.69, 9.17) is 4.52 Å². The van der Waals surface area contributed by atoms with Gasteiger partial charge in [-0.15, -0.1) is 0 Å². The summed E-state index contributed by atoms with van der Waals surface area (Å²) in [7, 11) is 6.03. The maximum absolute atomic E-state index is 12.4. The van der Waals surface area contributed by atoms with Crippen molar-refractivity contribution in [2.45, 2.75) is 58.5 Å². The minimum atomic E-state index is -0.0438. The van der Waals surface area contributed by atoms with E-state index in [0.717, 1.165) is 17.0 Å². The highest BCUT2D eigenvalue weighted by atomic mass is 16.5. The first-order valence-corrected chi connectivity index (χ1v) is 8.97. The Morgan fingerprint density at radius 1 is 1.25 bits per heavy atom. The predicted molar refractivity (Wildman–Crippen MR) is 94.9 cm³/mol. The molecule has 0 saturated heterocycles.